The first kappa shape index (κ1) is 17.7. The topological polar surface area (TPSA) is 112 Å². The zero-order valence-electron chi connectivity index (χ0n) is 14.0. The molecule has 3 rings (SSSR count). The second-order valence-electron chi connectivity index (χ2n) is 5.27. The van der Waals surface area contributed by atoms with Crippen LogP contribution in [0.1, 0.15) is 6.92 Å². The average Bonchev–Trinajstić information content (AvgIpc) is 2.63. The molecule has 9 heteroatoms. The lowest BCUT2D eigenvalue weighted by molar-refractivity contribution is -0.269. The van der Waals surface area contributed by atoms with E-state index in [0.717, 1.165) is 0 Å². The van der Waals surface area contributed by atoms with E-state index in [1.54, 1.807) is 18.2 Å². The number of rotatable bonds is 4. The maximum atomic E-state index is 11.9. The van der Waals surface area contributed by atoms with Crippen LogP contribution in [0.5, 0.6) is 11.5 Å². The number of hydrogen-bond acceptors (Lipinski definition) is 6. The number of hydrogen-bond donors (Lipinski definition) is 2. The fourth-order valence-electron chi connectivity index (χ4n) is 2.31. The maximum Gasteiger partial charge on any atom is 0.320 e. The highest BCUT2D eigenvalue weighted by atomic mass is 35.5. The average molecular weight is 373 g/mol. The number of urea groups is 1. The molecular weight excluding hydrogens is 358 g/mol. The van der Waals surface area contributed by atoms with Crippen molar-refractivity contribution in [1.29, 1.82) is 0 Å². The molecular formula is C17H15ClN5O3-. The SMILES string of the molecule is CCNC(=O)Nc1cnc2ccc(-c3cc(Cl)c([O-])c(OC)c3)nc2n1. The molecule has 2 amide bonds. The minimum Gasteiger partial charge on any atom is -0.869 e. The van der Waals surface area contributed by atoms with E-state index in [1.165, 1.54) is 19.4 Å². The number of aromatic nitrogens is 3. The molecule has 1 aromatic carbocycles. The first-order chi connectivity index (χ1) is 12.5. The van der Waals surface area contributed by atoms with Crippen molar-refractivity contribution >= 4 is 34.6 Å². The predicted molar refractivity (Wildman–Crippen MR) is 96.5 cm³/mol. The number of amides is 2. The number of fused-ring (bicyclic) bond motifs is 1. The quantitative estimate of drug-likeness (QED) is 0.727. The van der Waals surface area contributed by atoms with Crippen molar-refractivity contribution in [3.05, 3.63) is 35.5 Å². The van der Waals surface area contributed by atoms with Crippen molar-refractivity contribution in [3.8, 4) is 22.8 Å². The van der Waals surface area contributed by atoms with Crippen LogP contribution in [-0.2, 0) is 0 Å². The van der Waals surface area contributed by atoms with Crippen LogP contribution >= 0.6 is 11.6 Å². The highest BCUT2D eigenvalue weighted by Gasteiger charge is 2.09. The van der Waals surface area contributed by atoms with Gasteiger partial charge in [-0.1, -0.05) is 11.6 Å². The van der Waals surface area contributed by atoms with Crippen LogP contribution in [0.2, 0.25) is 5.02 Å². The number of ether oxygens (including phenoxy) is 1. The van der Waals surface area contributed by atoms with Gasteiger partial charge in [-0.2, -0.15) is 0 Å². The van der Waals surface area contributed by atoms with Gasteiger partial charge in [0.1, 0.15) is 11.3 Å². The molecule has 2 aromatic heterocycles. The van der Waals surface area contributed by atoms with Crippen LogP contribution in [0.15, 0.2) is 30.5 Å². The van der Waals surface area contributed by atoms with Crippen LogP contribution in [-0.4, -0.2) is 34.6 Å². The zero-order valence-corrected chi connectivity index (χ0v) is 14.8. The smallest absolute Gasteiger partial charge is 0.320 e. The summed E-state index contributed by atoms with van der Waals surface area (Å²) in [5.41, 5.74) is 2.06. The van der Waals surface area contributed by atoms with Gasteiger partial charge >= 0.3 is 6.03 Å². The van der Waals surface area contributed by atoms with Gasteiger partial charge in [0.25, 0.3) is 0 Å². The number of anilines is 1. The molecule has 0 atom stereocenters. The summed E-state index contributed by atoms with van der Waals surface area (Å²) in [6.07, 6.45) is 1.45. The van der Waals surface area contributed by atoms with Crippen LogP contribution < -0.4 is 20.5 Å². The van der Waals surface area contributed by atoms with E-state index in [-0.39, 0.29) is 28.4 Å². The van der Waals surface area contributed by atoms with E-state index >= 15 is 0 Å². The molecule has 0 unspecified atom stereocenters. The molecule has 2 heterocycles. The van der Waals surface area contributed by atoms with Crippen LogP contribution in [0.25, 0.3) is 22.4 Å². The fourth-order valence-corrected chi connectivity index (χ4v) is 2.52. The van der Waals surface area contributed by atoms with Gasteiger partial charge < -0.3 is 15.2 Å². The van der Waals surface area contributed by atoms with Gasteiger partial charge in [-0.15, -0.1) is 0 Å². The molecule has 0 radical (unpaired) electrons. The van der Waals surface area contributed by atoms with Crippen molar-refractivity contribution in [2.45, 2.75) is 6.92 Å². The van der Waals surface area contributed by atoms with Gasteiger partial charge in [-0.25, -0.2) is 19.7 Å². The number of carbonyl (C=O) groups excluding carboxylic acids is 1. The van der Waals surface area contributed by atoms with Crippen molar-refractivity contribution in [2.24, 2.45) is 0 Å². The standard InChI is InChI=1S/C17H16ClN5O3/c1-3-19-17(25)23-14-8-20-12-5-4-11(21-16(12)22-14)9-6-10(18)15(24)13(7-9)26-2/h4-8,24H,3H2,1-2H3,(H2,19,21,22,23,25)/p-1. The van der Waals surface area contributed by atoms with Crippen molar-refractivity contribution < 1.29 is 14.6 Å². The Kier molecular flexibility index (Phi) is 5.04. The number of nitrogens with zero attached hydrogens (tertiary/aromatic N) is 3. The lowest BCUT2D eigenvalue weighted by Crippen LogP contribution is -2.28. The normalized spacial score (nSPS) is 10.6. The zero-order chi connectivity index (χ0) is 18.7. The summed E-state index contributed by atoms with van der Waals surface area (Å²) in [6, 6.07) is 6.19. The first-order valence-corrected chi connectivity index (χ1v) is 8.13. The first-order valence-electron chi connectivity index (χ1n) is 7.75. The molecule has 0 aliphatic heterocycles. The molecule has 0 spiro atoms. The Balaban J connectivity index is 2.00. The summed E-state index contributed by atoms with van der Waals surface area (Å²) >= 11 is 5.98. The third kappa shape index (κ3) is 3.60. The number of methoxy groups -OCH3 is 1. The Morgan fingerprint density at radius 3 is 2.85 bits per heavy atom. The van der Waals surface area contributed by atoms with Crippen LogP contribution in [0, 0.1) is 0 Å². The van der Waals surface area contributed by atoms with Crippen molar-refractivity contribution in [3.63, 3.8) is 0 Å². The van der Waals surface area contributed by atoms with Gasteiger partial charge in [0.05, 0.1) is 19.0 Å². The van der Waals surface area contributed by atoms with Gasteiger partial charge in [0.15, 0.2) is 11.5 Å². The van der Waals surface area contributed by atoms with E-state index in [2.05, 4.69) is 25.6 Å². The minimum absolute atomic E-state index is 0.0407. The molecule has 134 valence electrons. The number of halogens is 1. The van der Waals surface area contributed by atoms with E-state index in [1.807, 2.05) is 6.92 Å². The number of benzene rings is 1. The summed E-state index contributed by atoms with van der Waals surface area (Å²) in [6.45, 7) is 2.31. The molecule has 3 aromatic rings. The van der Waals surface area contributed by atoms with E-state index in [0.29, 0.717) is 29.0 Å². The molecule has 0 fully saturated rings. The van der Waals surface area contributed by atoms with Crippen molar-refractivity contribution in [2.75, 3.05) is 19.0 Å². The summed E-state index contributed by atoms with van der Waals surface area (Å²) in [4.78, 5) is 24.6. The Bertz CT molecular complexity index is 980. The highest BCUT2D eigenvalue weighted by Crippen LogP contribution is 2.36. The molecule has 0 aliphatic rings. The number of carbonyl (C=O) groups is 1. The highest BCUT2D eigenvalue weighted by molar-refractivity contribution is 6.32. The van der Waals surface area contributed by atoms with E-state index in [4.69, 9.17) is 16.3 Å². The van der Waals surface area contributed by atoms with Gasteiger partial charge in [0, 0.05) is 17.1 Å². The monoisotopic (exact) mass is 372 g/mol. The van der Waals surface area contributed by atoms with Gasteiger partial charge in [-0.05, 0) is 36.9 Å². The summed E-state index contributed by atoms with van der Waals surface area (Å²) in [7, 11) is 1.40. The summed E-state index contributed by atoms with van der Waals surface area (Å²) in [5.74, 6) is 0.0256. The van der Waals surface area contributed by atoms with Crippen LogP contribution in [0.3, 0.4) is 0 Å². The van der Waals surface area contributed by atoms with E-state index < -0.39 is 0 Å². The number of pyridine rings is 1. The predicted octanol–water partition coefficient (Wildman–Crippen LogP) is 2.57. The second-order valence-corrected chi connectivity index (χ2v) is 5.68. The molecule has 26 heavy (non-hydrogen) atoms. The minimum atomic E-state index is -0.382. The maximum absolute atomic E-state index is 11.9. The summed E-state index contributed by atoms with van der Waals surface area (Å²) < 4.78 is 5.05. The molecule has 0 saturated heterocycles. The lowest BCUT2D eigenvalue weighted by atomic mass is 10.1. The molecule has 0 aliphatic carbocycles. The van der Waals surface area contributed by atoms with Gasteiger partial charge in [-0.3, -0.25) is 5.32 Å². The Labute approximate surface area is 154 Å². The molecule has 0 saturated carbocycles. The Hall–Kier alpha value is -3.13. The Morgan fingerprint density at radius 1 is 1.31 bits per heavy atom. The van der Waals surface area contributed by atoms with E-state index in [9.17, 15) is 9.90 Å². The summed E-state index contributed by atoms with van der Waals surface area (Å²) in [5, 5.41) is 17.1. The largest absolute Gasteiger partial charge is 0.869 e. The fraction of sp³-hybridized carbons (Fsp3) is 0.176. The third-order valence-corrected chi connectivity index (χ3v) is 3.79. The lowest BCUT2D eigenvalue weighted by Gasteiger charge is -2.16. The second kappa shape index (κ2) is 7.40. The third-order valence-electron chi connectivity index (χ3n) is 3.51. The molecule has 2 N–H and O–H groups in total. The van der Waals surface area contributed by atoms with Crippen LogP contribution in [0.4, 0.5) is 10.6 Å². The van der Waals surface area contributed by atoms with Crippen molar-refractivity contribution in [1.82, 2.24) is 20.3 Å². The van der Waals surface area contributed by atoms with Gasteiger partial charge in [0.2, 0.25) is 0 Å². The number of nitrogens with one attached hydrogen (secondary N) is 2. The molecule has 0 bridgehead atoms. The Morgan fingerprint density at radius 2 is 2.12 bits per heavy atom. The molecule has 8 nitrogen and oxygen atoms in total.